The summed E-state index contributed by atoms with van der Waals surface area (Å²) in [6, 6.07) is 8.51. The molecule has 1 aromatic heterocycles. The third kappa shape index (κ3) is 9.83. The van der Waals surface area contributed by atoms with E-state index in [0.717, 1.165) is 49.1 Å². The zero-order valence-electron chi connectivity index (χ0n) is 18.2. The molecular formula is C26H37FN2. The number of rotatable bonds is 14. The van der Waals surface area contributed by atoms with Crippen molar-refractivity contribution in [3.8, 4) is 11.4 Å². The van der Waals surface area contributed by atoms with E-state index in [9.17, 15) is 4.39 Å². The highest BCUT2D eigenvalue weighted by atomic mass is 19.1. The van der Waals surface area contributed by atoms with Crippen LogP contribution in [0.2, 0.25) is 0 Å². The molecule has 0 N–H and O–H groups in total. The molecule has 2 nitrogen and oxygen atoms in total. The minimum Gasteiger partial charge on any atom is -0.248 e. The summed E-state index contributed by atoms with van der Waals surface area (Å²) in [5.74, 6) is 0.769. The van der Waals surface area contributed by atoms with Crippen molar-refractivity contribution in [2.45, 2.75) is 90.6 Å². The number of unbranched alkanes of at least 4 members (excludes halogenated alkanes) is 7. The Balaban J connectivity index is 1.74. The Kier molecular flexibility index (Phi) is 11.3. The molecular weight excluding hydrogens is 359 g/mol. The van der Waals surface area contributed by atoms with Gasteiger partial charge >= 0.3 is 0 Å². The predicted octanol–water partition coefficient (Wildman–Crippen LogP) is 7.98. The van der Waals surface area contributed by atoms with Crippen LogP contribution >= 0.6 is 0 Å². The van der Waals surface area contributed by atoms with Crippen LogP contribution in [0.4, 0.5) is 4.39 Å². The number of hydrogen-bond acceptors (Lipinski definition) is 2. The maximum atomic E-state index is 12.8. The summed E-state index contributed by atoms with van der Waals surface area (Å²) in [7, 11) is 0. The van der Waals surface area contributed by atoms with Gasteiger partial charge in [0.05, 0.1) is 6.17 Å². The van der Waals surface area contributed by atoms with E-state index >= 15 is 0 Å². The van der Waals surface area contributed by atoms with Crippen molar-refractivity contribution in [2.75, 3.05) is 0 Å². The number of nitrogens with zero attached hydrogens (tertiary/aromatic N) is 2. The first kappa shape index (κ1) is 23.3. The molecule has 1 atom stereocenters. The molecule has 0 aliphatic heterocycles. The highest BCUT2D eigenvalue weighted by Crippen LogP contribution is 2.17. The largest absolute Gasteiger partial charge is 0.248 e. The summed E-state index contributed by atoms with van der Waals surface area (Å²) in [6.45, 7) is 3.89. The van der Waals surface area contributed by atoms with Gasteiger partial charge in [0.2, 0.25) is 0 Å². The van der Waals surface area contributed by atoms with Crippen LogP contribution in [0, 0.1) is 0 Å². The quantitative estimate of drug-likeness (QED) is 0.302. The number of allylic oxidation sites excluding steroid dienone is 1. The maximum Gasteiger partial charge on any atom is 0.159 e. The number of alkyl halides is 1. The number of hydrogen-bond donors (Lipinski definition) is 0. The first-order valence-electron chi connectivity index (χ1n) is 11.4. The Morgan fingerprint density at radius 1 is 0.897 bits per heavy atom. The van der Waals surface area contributed by atoms with Crippen molar-refractivity contribution in [3.63, 3.8) is 0 Å². The highest BCUT2D eigenvalue weighted by Gasteiger charge is 2.02. The Morgan fingerprint density at radius 2 is 1.59 bits per heavy atom. The van der Waals surface area contributed by atoms with Crippen molar-refractivity contribution < 1.29 is 4.39 Å². The average molecular weight is 397 g/mol. The molecule has 1 heterocycles. The summed E-state index contributed by atoms with van der Waals surface area (Å²) >= 11 is 0. The molecule has 0 bridgehead atoms. The van der Waals surface area contributed by atoms with E-state index in [4.69, 9.17) is 0 Å². The zero-order chi connectivity index (χ0) is 20.7. The first-order chi connectivity index (χ1) is 14.2. The smallest absolute Gasteiger partial charge is 0.159 e. The molecule has 0 saturated heterocycles. The second-order valence-corrected chi connectivity index (χ2v) is 8.02. The van der Waals surface area contributed by atoms with Crippen LogP contribution in [0.15, 0.2) is 42.7 Å². The first-order valence-corrected chi connectivity index (χ1v) is 11.4. The van der Waals surface area contributed by atoms with Gasteiger partial charge in [-0.3, -0.25) is 0 Å². The van der Waals surface area contributed by atoms with E-state index in [0.29, 0.717) is 6.42 Å². The van der Waals surface area contributed by atoms with Crippen LogP contribution in [0.1, 0.15) is 89.2 Å². The van der Waals surface area contributed by atoms with Crippen molar-refractivity contribution in [3.05, 3.63) is 53.9 Å². The van der Waals surface area contributed by atoms with Gasteiger partial charge in [-0.2, -0.15) is 0 Å². The lowest BCUT2D eigenvalue weighted by molar-refractivity contribution is 0.330. The Morgan fingerprint density at radius 3 is 2.28 bits per heavy atom. The summed E-state index contributed by atoms with van der Waals surface area (Å²) in [5, 5.41) is 0. The molecule has 0 fully saturated rings. The Labute approximate surface area is 176 Å². The number of benzene rings is 1. The molecule has 3 heteroatoms. The summed E-state index contributed by atoms with van der Waals surface area (Å²) < 4.78 is 12.8. The summed E-state index contributed by atoms with van der Waals surface area (Å²) in [6.07, 6.45) is 20.1. The van der Waals surface area contributed by atoms with Gasteiger partial charge in [-0.1, -0.05) is 81.9 Å². The molecule has 0 amide bonds. The number of aromatic nitrogens is 2. The van der Waals surface area contributed by atoms with Crippen LogP contribution in [-0.4, -0.2) is 16.1 Å². The molecule has 2 aromatic rings. The molecule has 0 spiro atoms. The minimum atomic E-state index is -0.674. The molecule has 0 saturated carbocycles. The van der Waals surface area contributed by atoms with Gasteiger partial charge in [-0.05, 0) is 44.6 Å². The molecule has 158 valence electrons. The van der Waals surface area contributed by atoms with Crippen molar-refractivity contribution in [1.82, 2.24) is 9.97 Å². The highest BCUT2D eigenvalue weighted by molar-refractivity contribution is 5.56. The van der Waals surface area contributed by atoms with E-state index < -0.39 is 6.17 Å². The van der Waals surface area contributed by atoms with Gasteiger partial charge in [0.15, 0.2) is 5.82 Å². The van der Waals surface area contributed by atoms with Crippen LogP contribution in [-0.2, 0) is 6.42 Å². The Hall–Kier alpha value is -2.03. The monoisotopic (exact) mass is 396 g/mol. The molecule has 1 aromatic carbocycles. The van der Waals surface area contributed by atoms with Crippen molar-refractivity contribution in [2.24, 2.45) is 0 Å². The third-order valence-electron chi connectivity index (χ3n) is 5.24. The zero-order valence-corrected chi connectivity index (χ0v) is 18.2. The van der Waals surface area contributed by atoms with Crippen LogP contribution in [0.5, 0.6) is 0 Å². The molecule has 2 rings (SSSR count). The molecule has 0 aliphatic carbocycles. The third-order valence-corrected chi connectivity index (χ3v) is 5.24. The average Bonchev–Trinajstić information content (AvgIpc) is 2.74. The van der Waals surface area contributed by atoms with Gasteiger partial charge in [0, 0.05) is 23.5 Å². The molecule has 1 unspecified atom stereocenters. The van der Waals surface area contributed by atoms with Crippen molar-refractivity contribution >= 4 is 6.08 Å². The predicted molar refractivity (Wildman–Crippen MR) is 123 cm³/mol. The summed E-state index contributed by atoms with van der Waals surface area (Å²) in [4.78, 5) is 9.05. The topological polar surface area (TPSA) is 25.8 Å². The van der Waals surface area contributed by atoms with E-state index in [-0.39, 0.29) is 0 Å². The van der Waals surface area contributed by atoms with Crippen LogP contribution in [0.3, 0.4) is 0 Å². The molecule has 29 heavy (non-hydrogen) atoms. The van der Waals surface area contributed by atoms with Gasteiger partial charge in [0.25, 0.3) is 0 Å². The Bertz CT molecular complexity index is 690. The second kappa shape index (κ2) is 14.0. The lowest BCUT2D eigenvalue weighted by atomic mass is 10.0. The van der Waals surface area contributed by atoms with E-state index in [2.05, 4.69) is 53.3 Å². The molecule has 0 aliphatic rings. The van der Waals surface area contributed by atoms with E-state index in [1.807, 2.05) is 12.4 Å². The lowest BCUT2D eigenvalue weighted by Gasteiger charge is -2.05. The van der Waals surface area contributed by atoms with Gasteiger partial charge in [-0.25, -0.2) is 14.4 Å². The minimum absolute atomic E-state index is 0.674. The maximum absolute atomic E-state index is 12.8. The van der Waals surface area contributed by atoms with Crippen LogP contribution < -0.4 is 0 Å². The fourth-order valence-electron chi connectivity index (χ4n) is 3.41. The van der Waals surface area contributed by atoms with Gasteiger partial charge in [0.1, 0.15) is 0 Å². The van der Waals surface area contributed by atoms with Gasteiger partial charge < -0.3 is 0 Å². The number of halogens is 1. The van der Waals surface area contributed by atoms with Crippen LogP contribution in [0.25, 0.3) is 17.5 Å². The fourth-order valence-corrected chi connectivity index (χ4v) is 3.41. The van der Waals surface area contributed by atoms with E-state index in [1.165, 1.54) is 37.7 Å². The summed E-state index contributed by atoms with van der Waals surface area (Å²) in [5.41, 5.74) is 3.42. The van der Waals surface area contributed by atoms with Crippen molar-refractivity contribution in [1.29, 1.82) is 0 Å². The molecule has 0 radical (unpaired) electrons. The number of aryl methyl sites for hydroxylation is 1. The lowest BCUT2D eigenvalue weighted by Crippen LogP contribution is -1.93. The van der Waals surface area contributed by atoms with E-state index in [1.54, 1.807) is 6.92 Å². The SMILES string of the molecule is CCCCCCCC=Cc1cnc(-c2ccc(CCCCCC(C)F)cc2)nc1. The fraction of sp³-hybridized carbons (Fsp3) is 0.538. The van der Waals surface area contributed by atoms with Gasteiger partial charge in [-0.15, -0.1) is 0 Å². The normalized spacial score (nSPS) is 12.5. The standard InChI is InChI=1S/C26H37FN2/c1-3-4-5-6-7-8-11-15-24-20-28-26(29-21-24)25-18-16-23(17-19-25)14-12-9-10-13-22(2)27/h11,15-22H,3-10,12-14H2,1-2H3. The second-order valence-electron chi connectivity index (χ2n) is 8.02.